The highest BCUT2D eigenvalue weighted by Crippen LogP contribution is 2.27. The number of carbonyl (C=O) groups excluding carboxylic acids is 1. The maximum Gasteiger partial charge on any atom is 0.269 e. The fourth-order valence-corrected chi connectivity index (χ4v) is 3.40. The van der Waals surface area contributed by atoms with Gasteiger partial charge in [-0.05, 0) is 44.6 Å². The molecule has 1 heterocycles. The molecule has 1 fully saturated rings. The smallest absolute Gasteiger partial charge is 0.269 e. The quantitative estimate of drug-likeness (QED) is 0.814. The number of amides is 1. The third-order valence-electron chi connectivity index (χ3n) is 4.79. The highest BCUT2D eigenvalue weighted by molar-refractivity contribution is 5.92. The molecule has 5 nitrogen and oxygen atoms in total. The Hall–Kier alpha value is -1.36. The van der Waals surface area contributed by atoms with Gasteiger partial charge in [-0.3, -0.25) is 9.48 Å². The second-order valence-corrected chi connectivity index (χ2v) is 6.41. The number of carbonyl (C=O) groups is 1. The van der Waals surface area contributed by atoms with E-state index >= 15 is 0 Å². The van der Waals surface area contributed by atoms with Gasteiger partial charge in [-0.1, -0.05) is 26.7 Å². The van der Waals surface area contributed by atoms with Crippen LogP contribution >= 0.6 is 0 Å². The van der Waals surface area contributed by atoms with E-state index in [-0.39, 0.29) is 11.9 Å². The van der Waals surface area contributed by atoms with Gasteiger partial charge in [0.1, 0.15) is 5.69 Å². The molecule has 0 aromatic carbocycles. The standard InChI is InChI=1S/C17H29N3O2/c1-4-14(5-2)20-15(10-12(3)19-20)17(22)18-11-16(21)13-8-6-7-9-13/h10,13-14,16,21H,4-9,11H2,1-3H3,(H,18,22). The molecule has 0 saturated heterocycles. The Morgan fingerprint density at radius 3 is 2.64 bits per heavy atom. The van der Waals surface area contributed by atoms with Gasteiger partial charge in [0.05, 0.1) is 17.8 Å². The SMILES string of the molecule is CCC(CC)n1nc(C)cc1C(=O)NCC(O)C1CCCC1. The zero-order valence-electron chi connectivity index (χ0n) is 14.0. The molecule has 5 heteroatoms. The van der Waals surface area contributed by atoms with Gasteiger partial charge in [-0.2, -0.15) is 5.10 Å². The Bertz CT molecular complexity index is 488. The summed E-state index contributed by atoms with van der Waals surface area (Å²) in [5, 5.41) is 17.5. The molecule has 1 aliphatic rings. The summed E-state index contributed by atoms with van der Waals surface area (Å²) < 4.78 is 1.84. The van der Waals surface area contributed by atoms with Gasteiger partial charge in [0.15, 0.2) is 0 Å². The minimum atomic E-state index is -0.433. The van der Waals surface area contributed by atoms with Crippen LogP contribution in [0.15, 0.2) is 6.07 Å². The number of aromatic nitrogens is 2. The fraction of sp³-hybridized carbons (Fsp3) is 0.765. The maximum atomic E-state index is 12.5. The normalized spacial score (nSPS) is 17.1. The van der Waals surface area contributed by atoms with Crippen molar-refractivity contribution in [2.24, 2.45) is 5.92 Å². The minimum absolute atomic E-state index is 0.135. The van der Waals surface area contributed by atoms with Crippen molar-refractivity contribution in [1.29, 1.82) is 0 Å². The Morgan fingerprint density at radius 1 is 1.41 bits per heavy atom. The lowest BCUT2D eigenvalue weighted by molar-refractivity contribution is 0.0829. The van der Waals surface area contributed by atoms with Crippen LogP contribution in [0.1, 0.15) is 74.6 Å². The van der Waals surface area contributed by atoms with Gasteiger partial charge >= 0.3 is 0 Å². The molecule has 0 spiro atoms. The van der Waals surface area contributed by atoms with Crippen molar-refractivity contribution in [3.63, 3.8) is 0 Å². The van der Waals surface area contributed by atoms with Crippen LogP contribution in [0.5, 0.6) is 0 Å². The summed E-state index contributed by atoms with van der Waals surface area (Å²) in [6.45, 7) is 6.45. The summed E-state index contributed by atoms with van der Waals surface area (Å²) in [6, 6.07) is 2.07. The van der Waals surface area contributed by atoms with Crippen LogP contribution < -0.4 is 5.32 Å². The third kappa shape index (κ3) is 3.88. The highest BCUT2D eigenvalue weighted by atomic mass is 16.3. The van der Waals surface area contributed by atoms with Crippen molar-refractivity contribution >= 4 is 5.91 Å². The number of nitrogens with one attached hydrogen (secondary N) is 1. The predicted molar refractivity (Wildman–Crippen MR) is 86.9 cm³/mol. The van der Waals surface area contributed by atoms with E-state index in [9.17, 15) is 9.90 Å². The monoisotopic (exact) mass is 307 g/mol. The van der Waals surface area contributed by atoms with E-state index in [0.717, 1.165) is 31.4 Å². The third-order valence-corrected chi connectivity index (χ3v) is 4.79. The van der Waals surface area contributed by atoms with Crippen LogP contribution in [0.25, 0.3) is 0 Å². The van der Waals surface area contributed by atoms with Gasteiger partial charge in [0.2, 0.25) is 0 Å². The Kier molecular flexibility index (Phi) is 6.00. The molecule has 2 rings (SSSR count). The first-order valence-corrected chi connectivity index (χ1v) is 8.59. The van der Waals surface area contributed by atoms with Crippen molar-refractivity contribution in [1.82, 2.24) is 15.1 Å². The van der Waals surface area contributed by atoms with Crippen LogP contribution in [0.3, 0.4) is 0 Å². The first-order chi connectivity index (χ1) is 10.6. The minimum Gasteiger partial charge on any atom is -0.391 e. The number of hydrogen-bond donors (Lipinski definition) is 2. The topological polar surface area (TPSA) is 67.2 Å². The number of rotatable bonds is 7. The molecule has 1 amide bonds. The molecule has 1 unspecified atom stereocenters. The lowest BCUT2D eigenvalue weighted by Gasteiger charge is -2.19. The van der Waals surface area contributed by atoms with Gasteiger partial charge in [-0.25, -0.2) is 0 Å². The van der Waals surface area contributed by atoms with Crippen molar-refractivity contribution in [2.75, 3.05) is 6.54 Å². The zero-order valence-corrected chi connectivity index (χ0v) is 14.0. The molecule has 0 radical (unpaired) electrons. The molecule has 1 aromatic heterocycles. The van der Waals surface area contributed by atoms with E-state index < -0.39 is 6.10 Å². The Labute approximate surface area is 133 Å². The van der Waals surface area contributed by atoms with Crippen molar-refractivity contribution in [2.45, 2.75) is 71.4 Å². The Balaban J connectivity index is 1.99. The van der Waals surface area contributed by atoms with E-state index in [1.165, 1.54) is 12.8 Å². The molecule has 1 saturated carbocycles. The first kappa shape index (κ1) is 17.0. The molecule has 1 atom stereocenters. The van der Waals surface area contributed by atoms with Crippen molar-refractivity contribution < 1.29 is 9.90 Å². The van der Waals surface area contributed by atoms with Gasteiger partial charge in [0, 0.05) is 6.54 Å². The average molecular weight is 307 g/mol. The molecule has 1 aromatic rings. The number of aliphatic hydroxyl groups is 1. The van der Waals surface area contributed by atoms with Gasteiger partial charge < -0.3 is 10.4 Å². The molecule has 1 aliphatic carbocycles. The van der Waals surface area contributed by atoms with Crippen molar-refractivity contribution in [3.05, 3.63) is 17.5 Å². The number of nitrogens with zero attached hydrogens (tertiary/aromatic N) is 2. The second kappa shape index (κ2) is 7.77. The van der Waals surface area contributed by atoms with E-state index in [0.29, 0.717) is 18.2 Å². The lowest BCUT2D eigenvalue weighted by Crippen LogP contribution is -2.36. The number of hydrogen-bond acceptors (Lipinski definition) is 3. The molecule has 0 bridgehead atoms. The van der Waals surface area contributed by atoms with Crippen LogP contribution in [0.4, 0.5) is 0 Å². The summed E-state index contributed by atoms with van der Waals surface area (Å²) in [5.41, 5.74) is 1.46. The maximum absolute atomic E-state index is 12.5. The number of aryl methyl sites for hydroxylation is 1. The molecule has 124 valence electrons. The summed E-state index contributed by atoms with van der Waals surface area (Å²) in [4.78, 5) is 12.5. The van der Waals surface area contributed by atoms with Crippen LogP contribution in [0.2, 0.25) is 0 Å². The van der Waals surface area contributed by atoms with Crippen LogP contribution in [0, 0.1) is 12.8 Å². The lowest BCUT2D eigenvalue weighted by atomic mass is 10.0. The summed E-state index contributed by atoms with van der Waals surface area (Å²) in [6.07, 6.45) is 5.98. The average Bonchev–Trinajstić information content (AvgIpc) is 3.15. The van der Waals surface area contributed by atoms with Gasteiger partial charge in [0.25, 0.3) is 5.91 Å². The largest absolute Gasteiger partial charge is 0.391 e. The predicted octanol–water partition coefficient (Wildman–Crippen LogP) is 2.83. The van der Waals surface area contributed by atoms with E-state index in [2.05, 4.69) is 24.3 Å². The van der Waals surface area contributed by atoms with Crippen LogP contribution in [-0.4, -0.2) is 33.4 Å². The summed E-state index contributed by atoms with van der Waals surface area (Å²) >= 11 is 0. The summed E-state index contributed by atoms with van der Waals surface area (Å²) in [7, 11) is 0. The second-order valence-electron chi connectivity index (χ2n) is 6.41. The molecular formula is C17H29N3O2. The van der Waals surface area contributed by atoms with E-state index in [1.807, 2.05) is 17.7 Å². The first-order valence-electron chi connectivity index (χ1n) is 8.59. The molecular weight excluding hydrogens is 278 g/mol. The summed E-state index contributed by atoms with van der Waals surface area (Å²) in [5.74, 6) is 0.204. The molecule has 0 aliphatic heterocycles. The van der Waals surface area contributed by atoms with E-state index in [1.54, 1.807) is 0 Å². The Morgan fingerprint density at radius 2 is 2.05 bits per heavy atom. The fourth-order valence-electron chi connectivity index (χ4n) is 3.40. The van der Waals surface area contributed by atoms with E-state index in [4.69, 9.17) is 0 Å². The zero-order chi connectivity index (χ0) is 16.1. The number of aliphatic hydroxyl groups excluding tert-OH is 1. The highest BCUT2D eigenvalue weighted by Gasteiger charge is 2.24. The van der Waals surface area contributed by atoms with Gasteiger partial charge in [-0.15, -0.1) is 0 Å². The molecule has 2 N–H and O–H groups in total. The van der Waals surface area contributed by atoms with Crippen molar-refractivity contribution in [3.8, 4) is 0 Å². The van der Waals surface area contributed by atoms with Crippen LogP contribution in [-0.2, 0) is 0 Å². The molecule has 22 heavy (non-hydrogen) atoms.